The summed E-state index contributed by atoms with van der Waals surface area (Å²) in [7, 11) is 0. The van der Waals surface area contributed by atoms with Gasteiger partial charge in [0.15, 0.2) is 0 Å². The summed E-state index contributed by atoms with van der Waals surface area (Å²) in [4.78, 5) is 14.6. The summed E-state index contributed by atoms with van der Waals surface area (Å²) >= 11 is 11.9. The molecule has 1 amide bonds. The second-order valence-electron chi connectivity index (χ2n) is 5.87. The number of benzene rings is 2. The Hall–Kier alpha value is -1.95. The molecule has 0 aliphatic carbocycles. The topological polar surface area (TPSA) is 53.0 Å². The molecule has 132 valence electrons. The van der Waals surface area contributed by atoms with Crippen LogP contribution in [0.3, 0.4) is 0 Å². The highest BCUT2D eigenvalue weighted by Crippen LogP contribution is 2.29. The number of carboxylic acid groups (broad SMARTS) is 1. The number of carbonyl (C=O) groups is 1. The summed E-state index contributed by atoms with van der Waals surface area (Å²) in [6, 6.07) is 13.0. The molecule has 0 radical (unpaired) electrons. The van der Waals surface area contributed by atoms with Gasteiger partial charge in [-0.25, -0.2) is 4.79 Å². The Morgan fingerprint density at radius 2 is 1.72 bits per heavy atom. The molecule has 2 aromatic rings. The highest BCUT2D eigenvalue weighted by molar-refractivity contribution is 6.42. The minimum atomic E-state index is -0.850. The van der Waals surface area contributed by atoms with Gasteiger partial charge in [0.05, 0.1) is 10.0 Å². The molecule has 0 saturated carbocycles. The molecule has 0 aromatic heterocycles. The van der Waals surface area contributed by atoms with Crippen LogP contribution < -0.4 is 4.74 Å². The Balaban J connectivity index is 1.62. The van der Waals surface area contributed by atoms with Gasteiger partial charge >= 0.3 is 6.09 Å². The molecule has 7 heteroatoms. The van der Waals surface area contributed by atoms with E-state index in [0.717, 1.165) is 30.9 Å². The molecular weight excluding hydrogens is 363 g/mol. The maximum atomic E-state index is 11.0. The van der Waals surface area contributed by atoms with Gasteiger partial charge in [-0.1, -0.05) is 35.3 Å². The molecule has 1 aliphatic heterocycles. The quantitative estimate of drug-likeness (QED) is 0.842. The SMILES string of the molecule is O=C(O)N1CCN(Cc2cccc(Oc3ccc(Cl)c(Cl)c3)c2)CC1. The molecule has 1 N–H and O–H groups in total. The summed E-state index contributed by atoms with van der Waals surface area (Å²) in [6.07, 6.45) is -0.850. The van der Waals surface area contributed by atoms with Crippen molar-refractivity contribution in [2.45, 2.75) is 6.54 Å². The van der Waals surface area contributed by atoms with Crippen molar-refractivity contribution < 1.29 is 14.6 Å². The third-order valence-electron chi connectivity index (χ3n) is 4.07. The number of hydrogen-bond acceptors (Lipinski definition) is 3. The molecule has 25 heavy (non-hydrogen) atoms. The number of hydrogen-bond donors (Lipinski definition) is 1. The highest BCUT2D eigenvalue weighted by Gasteiger charge is 2.20. The van der Waals surface area contributed by atoms with Crippen LogP contribution in [0.1, 0.15) is 5.56 Å². The van der Waals surface area contributed by atoms with Crippen LogP contribution in [0.5, 0.6) is 11.5 Å². The lowest BCUT2D eigenvalue weighted by Crippen LogP contribution is -2.47. The second-order valence-corrected chi connectivity index (χ2v) is 6.69. The summed E-state index contributed by atoms with van der Waals surface area (Å²) in [5.74, 6) is 1.35. The minimum absolute atomic E-state index is 0.451. The fraction of sp³-hybridized carbons (Fsp3) is 0.278. The second kappa shape index (κ2) is 7.95. The van der Waals surface area contributed by atoms with Crippen molar-refractivity contribution >= 4 is 29.3 Å². The molecule has 1 aliphatic rings. The average molecular weight is 381 g/mol. The van der Waals surface area contributed by atoms with Crippen molar-refractivity contribution in [1.29, 1.82) is 0 Å². The first-order chi connectivity index (χ1) is 12.0. The van der Waals surface area contributed by atoms with E-state index in [-0.39, 0.29) is 0 Å². The number of nitrogens with zero attached hydrogens (tertiary/aromatic N) is 2. The Morgan fingerprint density at radius 3 is 2.40 bits per heavy atom. The van der Waals surface area contributed by atoms with Gasteiger partial charge in [-0.15, -0.1) is 0 Å². The van der Waals surface area contributed by atoms with Crippen LogP contribution in [0.15, 0.2) is 42.5 Å². The Bertz CT molecular complexity index is 762. The molecule has 5 nitrogen and oxygen atoms in total. The third-order valence-corrected chi connectivity index (χ3v) is 4.81. The largest absolute Gasteiger partial charge is 0.465 e. The first-order valence-electron chi connectivity index (χ1n) is 7.93. The lowest BCUT2D eigenvalue weighted by molar-refractivity contribution is 0.103. The first-order valence-corrected chi connectivity index (χ1v) is 8.69. The zero-order valence-corrected chi connectivity index (χ0v) is 15.0. The van der Waals surface area contributed by atoms with Gasteiger partial charge in [0.1, 0.15) is 11.5 Å². The molecule has 2 aromatic carbocycles. The van der Waals surface area contributed by atoms with E-state index < -0.39 is 6.09 Å². The van der Waals surface area contributed by atoms with Crippen LogP contribution in [0.2, 0.25) is 10.0 Å². The molecule has 0 bridgehead atoms. The predicted molar refractivity (Wildman–Crippen MR) is 97.9 cm³/mol. The van der Waals surface area contributed by atoms with Crippen LogP contribution in [0.4, 0.5) is 4.79 Å². The normalized spacial score (nSPS) is 15.2. The maximum Gasteiger partial charge on any atom is 0.407 e. The minimum Gasteiger partial charge on any atom is -0.465 e. The standard InChI is InChI=1S/C18H18Cl2N2O3/c19-16-5-4-15(11-17(16)20)25-14-3-1-2-13(10-14)12-21-6-8-22(9-7-21)18(23)24/h1-5,10-11H,6-9,12H2,(H,23,24). The molecule has 1 heterocycles. The fourth-order valence-corrected chi connectivity index (χ4v) is 3.03. The van der Waals surface area contributed by atoms with Crippen molar-refractivity contribution in [1.82, 2.24) is 9.80 Å². The van der Waals surface area contributed by atoms with Gasteiger partial charge in [-0.3, -0.25) is 4.90 Å². The van der Waals surface area contributed by atoms with Gasteiger partial charge < -0.3 is 14.7 Å². The highest BCUT2D eigenvalue weighted by atomic mass is 35.5. The van der Waals surface area contributed by atoms with E-state index in [1.807, 2.05) is 24.3 Å². The van der Waals surface area contributed by atoms with Gasteiger partial charge in [0.2, 0.25) is 0 Å². The van der Waals surface area contributed by atoms with Crippen LogP contribution in [0.25, 0.3) is 0 Å². The summed E-state index contributed by atoms with van der Waals surface area (Å²) in [6.45, 7) is 3.28. The van der Waals surface area contributed by atoms with Gasteiger partial charge in [-0.05, 0) is 29.8 Å². The molecule has 1 saturated heterocycles. The molecular formula is C18H18Cl2N2O3. The number of amides is 1. The van der Waals surface area contributed by atoms with Crippen LogP contribution in [0, 0.1) is 0 Å². The van der Waals surface area contributed by atoms with Crippen molar-refractivity contribution in [3.05, 3.63) is 58.1 Å². The van der Waals surface area contributed by atoms with Gasteiger partial charge in [0, 0.05) is 38.8 Å². The van der Waals surface area contributed by atoms with Crippen molar-refractivity contribution in [2.75, 3.05) is 26.2 Å². The predicted octanol–water partition coefficient (Wildman–Crippen LogP) is 4.58. The van der Waals surface area contributed by atoms with E-state index >= 15 is 0 Å². The summed E-state index contributed by atoms with van der Waals surface area (Å²) in [5, 5.41) is 9.94. The molecule has 0 unspecified atom stereocenters. The molecule has 0 spiro atoms. The summed E-state index contributed by atoms with van der Waals surface area (Å²) < 4.78 is 5.84. The molecule has 1 fully saturated rings. The van der Waals surface area contributed by atoms with Gasteiger partial charge in [-0.2, -0.15) is 0 Å². The Morgan fingerprint density at radius 1 is 1.00 bits per heavy atom. The first kappa shape index (κ1) is 17.9. The zero-order valence-electron chi connectivity index (χ0n) is 13.5. The molecule has 0 atom stereocenters. The fourth-order valence-electron chi connectivity index (χ4n) is 2.74. The van der Waals surface area contributed by atoms with E-state index in [2.05, 4.69) is 4.90 Å². The monoisotopic (exact) mass is 380 g/mol. The van der Waals surface area contributed by atoms with Crippen molar-refractivity contribution in [3.8, 4) is 11.5 Å². The van der Waals surface area contributed by atoms with Crippen molar-refractivity contribution in [3.63, 3.8) is 0 Å². The van der Waals surface area contributed by atoms with E-state index in [4.69, 9.17) is 33.0 Å². The number of piperazine rings is 1. The number of ether oxygens (including phenoxy) is 1. The van der Waals surface area contributed by atoms with E-state index in [1.54, 1.807) is 18.2 Å². The van der Waals surface area contributed by atoms with Crippen molar-refractivity contribution in [2.24, 2.45) is 0 Å². The van der Waals surface area contributed by atoms with Crippen LogP contribution in [-0.4, -0.2) is 47.2 Å². The van der Waals surface area contributed by atoms with Crippen LogP contribution >= 0.6 is 23.2 Å². The number of rotatable bonds is 4. The lowest BCUT2D eigenvalue weighted by Gasteiger charge is -2.33. The van der Waals surface area contributed by atoms with E-state index in [0.29, 0.717) is 28.9 Å². The zero-order chi connectivity index (χ0) is 17.8. The Labute approximate surface area is 156 Å². The van der Waals surface area contributed by atoms with Crippen LogP contribution in [-0.2, 0) is 6.54 Å². The maximum absolute atomic E-state index is 11.0. The number of halogens is 2. The lowest BCUT2D eigenvalue weighted by atomic mass is 10.2. The average Bonchev–Trinajstić information content (AvgIpc) is 2.59. The van der Waals surface area contributed by atoms with E-state index in [9.17, 15) is 4.79 Å². The molecule has 3 rings (SSSR count). The van der Waals surface area contributed by atoms with E-state index in [1.165, 1.54) is 4.90 Å². The van der Waals surface area contributed by atoms with Gasteiger partial charge in [0.25, 0.3) is 0 Å². The summed E-state index contributed by atoms with van der Waals surface area (Å²) in [5.41, 5.74) is 1.11. The third kappa shape index (κ3) is 4.78. The Kier molecular flexibility index (Phi) is 5.68. The smallest absolute Gasteiger partial charge is 0.407 e.